The standard InChI is InChI=1S/C21H17FN4OS/c1-14-3-2-4-15(11-14)12-18-13-23-21(28-18)24-20(27)19-9-10-26(25-19)17-7-5-16(22)6-8-17/h2-11,13H,12H2,1H3,(H,23,24,27). The lowest BCUT2D eigenvalue weighted by Crippen LogP contribution is -2.12. The van der Waals surface area contributed by atoms with Gasteiger partial charge in [-0.25, -0.2) is 14.1 Å². The molecule has 1 amide bonds. The van der Waals surface area contributed by atoms with Gasteiger partial charge in [0.05, 0.1) is 5.69 Å². The van der Waals surface area contributed by atoms with E-state index in [2.05, 4.69) is 40.5 Å². The Morgan fingerprint density at radius 2 is 2.00 bits per heavy atom. The summed E-state index contributed by atoms with van der Waals surface area (Å²) < 4.78 is 14.6. The van der Waals surface area contributed by atoms with Gasteiger partial charge < -0.3 is 0 Å². The summed E-state index contributed by atoms with van der Waals surface area (Å²) in [6.07, 6.45) is 4.21. The number of rotatable bonds is 5. The molecule has 0 aliphatic heterocycles. The molecule has 0 radical (unpaired) electrons. The van der Waals surface area contributed by atoms with Crippen LogP contribution in [0.3, 0.4) is 0 Å². The molecule has 5 nitrogen and oxygen atoms in total. The highest BCUT2D eigenvalue weighted by Crippen LogP contribution is 2.22. The summed E-state index contributed by atoms with van der Waals surface area (Å²) in [5, 5.41) is 7.56. The lowest BCUT2D eigenvalue weighted by molar-refractivity contribution is 0.102. The van der Waals surface area contributed by atoms with Gasteiger partial charge in [-0.15, -0.1) is 11.3 Å². The fraction of sp³-hybridized carbons (Fsp3) is 0.0952. The SMILES string of the molecule is Cc1cccc(Cc2cnc(NC(=O)c3ccn(-c4ccc(F)cc4)n3)s2)c1. The van der Waals surface area contributed by atoms with Crippen LogP contribution in [-0.2, 0) is 6.42 Å². The van der Waals surface area contributed by atoms with Crippen molar-refractivity contribution in [2.24, 2.45) is 0 Å². The average molecular weight is 392 g/mol. The number of hydrogen-bond donors (Lipinski definition) is 1. The van der Waals surface area contributed by atoms with Crippen molar-refractivity contribution in [3.63, 3.8) is 0 Å². The summed E-state index contributed by atoms with van der Waals surface area (Å²) in [6, 6.07) is 15.8. The van der Waals surface area contributed by atoms with E-state index in [0.717, 1.165) is 11.3 Å². The summed E-state index contributed by atoms with van der Waals surface area (Å²) in [5.41, 5.74) is 3.36. The Morgan fingerprint density at radius 1 is 1.18 bits per heavy atom. The van der Waals surface area contributed by atoms with Crippen LogP contribution in [0.1, 0.15) is 26.5 Å². The highest BCUT2D eigenvalue weighted by Gasteiger charge is 2.13. The predicted octanol–water partition coefficient (Wildman–Crippen LogP) is 4.62. The van der Waals surface area contributed by atoms with Gasteiger partial charge in [0.15, 0.2) is 10.8 Å². The van der Waals surface area contributed by atoms with Crippen LogP contribution in [0, 0.1) is 12.7 Å². The van der Waals surface area contributed by atoms with Gasteiger partial charge in [0.25, 0.3) is 5.91 Å². The Labute approximate surface area is 165 Å². The number of thiazole rings is 1. The number of hydrogen-bond acceptors (Lipinski definition) is 4. The number of benzene rings is 2. The Balaban J connectivity index is 1.43. The molecule has 2 heterocycles. The van der Waals surface area contributed by atoms with Crippen molar-refractivity contribution < 1.29 is 9.18 Å². The van der Waals surface area contributed by atoms with Crippen LogP contribution in [0.4, 0.5) is 9.52 Å². The fourth-order valence-corrected chi connectivity index (χ4v) is 3.66. The number of aromatic nitrogens is 3. The molecule has 0 aliphatic rings. The Hall–Kier alpha value is -3.32. The highest BCUT2D eigenvalue weighted by atomic mass is 32.1. The average Bonchev–Trinajstić information content (AvgIpc) is 3.32. The molecule has 0 atom stereocenters. The van der Waals surface area contributed by atoms with Crippen LogP contribution in [0.5, 0.6) is 0 Å². The van der Waals surface area contributed by atoms with Crippen LogP contribution in [0.25, 0.3) is 5.69 Å². The van der Waals surface area contributed by atoms with Crippen molar-refractivity contribution in [1.82, 2.24) is 14.8 Å². The van der Waals surface area contributed by atoms with Crippen molar-refractivity contribution in [1.29, 1.82) is 0 Å². The summed E-state index contributed by atoms with van der Waals surface area (Å²) in [6.45, 7) is 2.06. The van der Waals surface area contributed by atoms with E-state index in [0.29, 0.717) is 10.8 Å². The Kier molecular flexibility index (Phi) is 4.99. The van der Waals surface area contributed by atoms with Crippen molar-refractivity contribution in [2.45, 2.75) is 13.3 Å². The summed E-state index contributed by atoms with van der Waals surface area (Å²) in [7, 11) is 0. The first-order chi connectivity index (χ1) is 13.6. The third kappa shape index (κ3) is 4.15. The number of carbonyl (C=O) groups excluding carboxylic acids is 1. The minimum absolute atomic E-state index is 0.264. The molecule has 4 aromatic rings. The second-order valence-corrected chi connectivity index (χ2v) is 7.49. The monoisotopic (exact) mass is 392 g/mol. The molecule has 7 heteroatoms. The second-order valence-electron chi connectivity index (χ2n) is 6.37. The maximum absolute atomic E-state index is 13.0. The normalized spacial score (nSPS) is 10.8. The molecule has 0 unspecified atom stereocenters. The quantitative estimate of drug-likeness (QED) is 0.539. The third-order valence-corrected chi connectivity index (χ3v) is 5.06. The second kappa shape index (κ2) is 7.74. The molecule has 0 spiro atoms. The zero-order valence-corrected chi connectivity index (χ0v) is 15.9. The van der Waals surface area contributed by atoms with Crippen LogP contribution < -0.4 is 5.32 Å². The van der Waals surface area contributed by atoms with E-state index in [1.165, 1.54) is 39.3 Å². The van der Waals surface area contributed by atoms with E-state index in [1.54, 1.807) is 30.6 Å². The van der Waals surface area contributed by atoms with E-state index in [4.69, 9.17) is 0 Å². The first-order valence-electron chi connectivity index (χ1n) is 8.70. The Bertz CT molecular complexity index is 1120. The van der Waals surface area contributed by atoms with Crippen molar-refractivity contribution in [2.75, 3.05) is 5.32 Å². The molecule has 1 N–H and O–H groups in total. The van der Waals surface area contributed by atoms with E-state index < -0.39 is 0 Å². The molecule has 0 saturated carbocycles. The number of anilines is 1. The van der Waals surface area contributed by atoms with Crippen LogP contribution in [0.2, 0.25) is 0 Å². The lowest BCUT2D eigenvalue weighted by atomic mass is 10.1. The predicted molar refractivity (Wildman–Crippen MR) is 108 cm³/mol. The topological polar surface area (TPSA) is 59.8 Å². The number of aryl methyl sites for hydroxylation is 1. The minimum atomic E-state index is -0.336. The molecule has 0 aliphatic carbocycles. The number of nitrogens with zero attached hydrogens (tertiary/aromatic N) is 3. The van der Waals surface area contributed by atoms with Crippen molar-refractivity contribution >= 4 is 22.4 Å². The maximum Gasteiger partial charge on any atom is 0.277 e. The summed E-state index contributed by atoms with van der Waals surface area (Å²) in [4.78, 5) is 17.8. The molecule has 0 fully saturated rings. The fourth-order valence-electron chi connectivity index (χ4n) is 2.81. The Morgan fingerprint density at radius 3 is 2.79 bits per heavy atom. The van der Waals surface area contributed by atoms with E-state index >= 15 is 0 Å². The molecule has 2 aromatic heterocycles. The van der Waals surface area contributed by atoms with Gasteiger partial charge in [-0.05, 0) is 42.8 Å². The van der Waals surface area contributed by atoms with Crippen molar-refractivity contribution in [3.8, 4) is 5.69 Å². The van der Waals surface area contributed by atoms with Gasteiger partial charge in [0.2, 0.25) is 0 Å². The first kappa shape index (κ1) is 18.1. The van der Waals surface area contributed by atoms with Gasteiger partial charge in [-0.1, -0.05) is 29.8 Å². The summed E-state index contributed by atoms with van der Waals surface area (Å²) >= 11 is 1.44. The van der Waals surface area contributed by atoms with E-state index in [-0.39, 0.29) is 17.4 Å². The molecule has 4 rings (SSSR count). The largest absolute Gasteiger partial charge is 0.296 e. The minimum Gasteiger partial charge on any atom is -0.296 e. The van der Waals surface area contributed by atoms with Crippen LogP contribution in [-0.4, -0.2) is 20.7 Å². The van der Waals surface area contributed by atoms with Gasteiger partial charge in [-0.3, -0.25) is 10.1 Å². The molecule has 28 heavy (non-hydrogen) atoms. The zero-order valence-electron chi connectivity index (χ0n) is 15.1. The number of halogens is 1. The number of carbonyl (C=O) groups is 1. The summed E-state index contributed by atoms with van der Waals surface area (Å²) in [5.74, 6) is -0.656. The first-order valence-corrected chi connectivity index (χ1v) is 9.52. The molecule has 140 valence electrons. The molecule has 0 bridgehead atoms. The lowest BCUT2D eigenvalue weighted by Gasteiger charge is -2.01. The van der Waals surface area contributed by atoms with Gasteiger partial charge in [-0.2, -0.15) is 5.10 Å². The van der Waals surface area contributed by atoms with Crippen LogP contribution in [0.15, 0.2) is 67.0 Å². The molecular weight excluding hydrogens is 375 g/mol. The van der Waals surface area contributed by atoms with Crippen molar-refractivity contribution in [3.05, 3.63) is 94.5 Å². The molecule has 0 saturated heterocycles. The van der Waals surface area contributed by atoms with Gasteiger partial charge in [0.1, 0.15) is 5.82 Å². The van der Waals surface area contributed by atoms with E-state index in [9.17, 15) is 9.18 Å². The van der Waals surface area contributed by atoms with Crippen LogP contribution >= 0.6 is 11.3 Å². The van der Waals surface area contributed by atoms with E-state index in [1.807, 2.05) is 6.07 Å². The molecule has 2 aromatic carbocycles. The number of amides is 1. The maximum atomic E-state index is 13.0. The number of nitrogens with one attached hydrogen (secondary N) is 1. The molecular formula is C21H17FN4OS. The van der Waals surface area contributed by atoms with Gasteiger partial charge in [0, 0.05) is 23.7 Å². The third-order valence-electron chi connectivity index (χ3n) is 4.15. The zero-order chi connectivity index (χ0) is 19.5. The smallest absolute Gasteiger partial charge is 0.277 e. The van der Waals surface area contributed by atoms with Gasteiger partial charge >= 0.3 is 0 Å². The highest BCUT2D eigenvalue weighted by molar-refractivity contribution is 7.15.